The molecule has 84 valence electrons. The molecule has 16 heavy (non-hydrogen) atoms. The molecule has 5 heteroatoms. The molecule has 1 aromatic heterocycles. The second-order valence-corrected chi connectivity index (χ2v) is 4.30. The van der Waals surface area contributed by atoms with Crippen molar-refractivity contribution in [2.24, 2.45) is 0 Å². The highest BCUT2D eigenvalue weighted by Crippen LogP contribution is 2.24. The molecule has 0 aliphatic heterocycles. The van der Waals surface area contributed by atoms with Gasteiger partial charge in [0.1, 0.15) is 5.76 Å². The average Bonchev–Trinajstić information content (AvgIpc) is 2.51. The van der Waals surface area contributed by atoms with Crippen molar-refractivity contribution in [3.63, 3.8) is 0 Å². The Hall–Kier alpha value is -1.19. The van der Waals surface area contributed by atoms with Crippen molar-refractivity contribution >= 4 is 29.2 Å². The maximum atomic E-state index is 5.92. The number of benzene rings is 1. The van der Waals surface area contributed by atoms with Crippen LogP contribution in [0, 0.1) is 6.92 Å². The van der Waals surface area contributed by atoms with E-state index in [1.165, 1.54) is 0 Å². The summed E-state index contributed by atoms with van der Waals surface area (Å²) in [6.07, 6.45) is 0.604. The average molecular weight is 257 g/mol. The van der Waals surface area contributed by atoms with Crippen molar-refractivity contribution < 1.29 is 4.42 Å². The number of hydrogen-bond donors (Lipinski definition) is 1. The lowest BCUT2D eigenvalue weighted by atomic mass is 10.1. The fourth-order valence-electron chi connectivity index (χ4n) is 1.45. The molecule has 0 bridgehead atoms. The first-order valence-electron chi connectivity index (χ1n) is 4.72. The summed E-state index contributed by atoms with van der Waals surface area (Å²) in [7, 11) is 0. The van der Waals surface area contributed by atoms with E-state index in [1.54, 1.807) is 6.07 Å². The number of aryl methyl sites for hydroxylation is 1. The van der Waals surface area contributed by atoms with E-state index in [9.17, 15) is 0 Å². The molecule has 0 aliphatic carbocycles. The van der Waals surface area contributed by atoms with Gasteiger partial charge in [0.25, 0.3) is 6.01 Å². The second-order valence-electron chi connectivity index (χ2n) is 3.49. The van der Waals surface area contributed by atoms with E-state index in [-0.39, 0.29) is 6.01 Å². The molecular weight excluding hydrogens is 247 g/mol. The molecule has 0 atom stereocenters. The molecule has 2 N–H and O–H groups in total. The minimum Gasteiger partial charge on any atom is -0.428 e. The van der Waals surface area contributed by atoms with Crippen molar-refractivity contribution in [1.29, 1.82) is 0 Å². The summed E-state index contributed by atoms with van der Waals surface area (Å²) < 4.78 is 5.28. The number of halogens is 2. The Kier molecular flexibility index (Phi) is 3.08. The Morgan fingerprint density at radius 2 is 2.06 bits per heavy atom. The van der Waals surface area contributed by atoms with Crippen molar-refractivity contribution in [2.75, 3.05) is 5.73 Å². The maximum Gasteiger partial charge on any atom is 0.292 e. The zero-order valence-corrected chi connectivity index (χ0v) is 10.1. The first kappa shape index (κ1) is 11.3. The molecule has 3 nitrogen and oxygen atoms in total. The summed E-state index contributed by atoms with van der Waals surface area (Å²) in [4.78, 5) is 4.00. The summed E-state index contributed by atoms with van der Waals surface area (Å²) in [6, 6.07) is 5.65. The van der Waals surface area contributed by atoms with E-state index < -0.39 is 0 Å². The topological polar surface area (TPSA) is 52.0 Å². The molecule has 0 amide bonds. The first-order chi connectivity index (χ1) is 7.56. The van der Waals surface area contributed by atoms with Gasteiger partial charge in [-0.25, -0.2) is 0 Å². The Bertz CT molecular complexity index is 523. The monoisotopic (exact) mass is 256 g/mol. The van der Waals surface area contributed by atoms with E-state index in [0.29, 0.717) is 16.5 Å². The summed E-state index contributed by atoms with van der Waals surface area (Å²) in [6.45, 7) is 1.85. The van der Waals surface area contributed by atoms with Gasteiger partial charge in [0.15, 0.2) is 0 Å². The smallest absolute Gasteiger partial charge is 0.292 e. The Labute approximate surface area is 103 Å². The maximum absolute atomic E-state index is 5.92. The zero-order chi connectivity index (χ0) is 11.7. The lowest BCUT2D eigenvalue weighted by Gasteiger charge is -2.01. The number of oxazole rings is 1. The first-order valence-corrected chi connectivity index (χ1v) is 5.47. The molecule has 0 spiro atoms. The van der Waals surface area contributed by atoms with Gasteiger partial charge in [-0.15, -0.1) is 0 Å². The molecule has 0 saturated carbocycles. The number of nitrogen functional groups attached to an aromatic ring is 1. The minimum absolute atomic E-state index is 0.188. The predicted molar refractivity (Wildman–Crippen MR) is 64.9 cm³/mol. The van der Waals surface area contributed by atoms with Crippen LogP contribution in [-0.2, 0) is 6.42 Å². The Balaban J connectivity index is 2.27. The van der Waals surface area contributed by atoms with Crippen LogP contribution in [0.3, 0.4) is 0 Å². The zero-order valence-electron chi connectivity index (χ0n) is 8.63. The largest absolute Gasteiger partial charge is 0.428 e. The molecule has 1 aromatic carbocycles. The van der Waals surface area contributed by atoms with Gasteiger partial charge < -0.3 is 10.2 Å². The van der Waals surface area contributed by atoms with Crippen LogP contribution in [0.25, 0.3) is 0 Å². The number of hydrogen-bond acceptors (Lipinski definition) is 3. The Morgan fingerprint density at radius 1 is 1.31 bits per heavy atom. The van der Waals surface area contributed by atoms with Gasteiger partial charge in [0.2, 0.25) is 0 Å². The van der Waals surface area contributed by atoms with E-state index >= 15 is 0 Å². The lowest BCUT2D eigenvalue weighted by Crippen LogP contribution is -1.88. The van der Waals surface area contributed by atoms with Crippen LogP contribution < -0.4 is 5.73 Å². The van der Waals surface area contributed by atoms with Crippen LogP contribution in [0.2, 0.25) is 10.0 Å². The summed E-state index contributed by atoms with van der Waals surface area (Å²) >= 11 is 11.8. The lowest BCUT2D eigenvalue weighted by molar-refractivity contribution is 0.532. The third kappa shape index (κ3) is 2.31. The van der Waals surface area contributed by atoms with Gasteiger partial charge in [0.05, 0.1) is 15.7 Å². The van der Waals surface area contributed by atoms with Crippen LogP contribution in [0.15, 0.2) is 22.6 Å². The fraction of sp³-hybridized carbons (Fsp3) is 0.182. The summed E-state index contributed by atoms with van der Waals surface area (Å²) in [5.74, 6) is 0.746. The van der Waals surface area contributed by atoms with E-state index in [4.69, 9.17) is 33.4 Å². The summed E-state index contributed by atoms with van der Waals surface area (Å²) in [5, 5.41) is 1.07. The molecule has 0 saturated heterocycles. The van der Waals surface area contributed by atoms with Crippen molar-refractivity contribution in [2.45, 2.75) is 13.3 Å². The van der Waals surface area contributed by atoms with Gasteiger partial charge in [0, 0.05) is 6.42 Å². The third-order valence-corrected chi connectivity index (χ3v) is 3.00. The number of aromatic nitrogens is 1. The molecule has 0 unspecified atom stereocenters. The molecule has 2 aromatic rings. The molecule has 0 radical (unpaired) electrons. The standard InChI is InChI=1S/C11H10Cl2N2O/c1-6-10(16-11(14)15-6)5-7-2-3-8(12)9(13)4-7/h2-4H,5H2,1H3,(H2,14,15). The van der Waals surface area contributed by atoms with Crippen molar-refractivity contribution in [3.05, 3.63) is 45.3 Å². The third-order valence-electron chi connectivity index (χ3n) is 2.26. The SMILES string of the molecule is Cc1nc(N)oc1Cc1ccc(Cl)c(Cl)c1. The van der Waals surface area contributed by atoms with Gasteiger partial charge in [-0.2, -0.15) is 4.98 Å². The minimum atomic E-state index is 0.188. The molecule has 1 heterocycles. The number of nitrogens with two attached hydrogens (primary N) is 1. The fourth-order valence-corrected chi connectivity index (χ4v) is 1.77. The van der Waals surface area contributed by atoms with E-state index in [1.807, 2.05) is 19.1 Å². The van der Waals surface area contributed by atoms with E-state index in [0.717, 1.165) is 17.0 Å². The van der Waals surface area contributed by atoms with Crippen LogP contribution in [0.5, 0.6) is 0 Å². The highest BCUT2D eigenvalue weighted by atomic mass is 35.5. The Morgan fingerprint density at radius 3 is 2.62 bits per heavy atom. The van der Waals surface area contributed by atoms with Gasteiger partial charge in [-0.3, -0.25) is 0 Å². The number of rotatable bonds is 2. The van der Waals surface area contributed by atoms with Crippen LogP contribution >= 0.6 is 23.2 Å². The number of anilines is 1. The number of nitrogens with zero attached hydrogens (tertiary/aromatic N) is 1. The molecule has 0 fully saturated rings. The van der Waals surface area contributed by atoms with E-state index in [2.05, 4.69) is 4.98 Å². The van der Waals surface area contributed by atoms with Crippen molar-refractivity contribution in [3.8, 4) is 0 Å². The van der Waals surface area contributed by atoms with Crippen LogP contribution in [0.4, 0.5) is 6.01 Å². The second kappa shape index (κ2) is 4.36. The molecule has 2 rings (SSSR count). The normalized spacial score (nSPS) is 10.7. The molecular formula is C11H10Cl2N2O. The predicted octanol–water partition coefficient (Wildman–Crippen LogP) is 3.46. The molecule has 0 aliphatic rings. The van der Waals surface area contributed by atoms with Crippen LogP contribution in [0.1, 0.15) is 17.0 Å². The highest BCUT2D eigenvalue weighted by Gasteiger charge is 2.09. The van der Waals surface area contributed by atoms with Gasteiger partial charge in [-0.05, 0) is 24.6 Å². The van der Waals surface area contributed by atoms with Crippen molar-refractivity contribution in [1.82, 2.24) is 4.98 Å². The van der Waals surface area contributed by atoms with Gasteiger partial charge >= 0.3 is 0 Å². The van der Waals surface area contributed by atoms with Crippen LogP contribution in [-0.4, -0.2) is 4.98 Å². The summed E-state index contributed by atoms with van der Waals surface area (Å²) in [5.41, 5.74) is 7.27. The van der Waals surface area contributed by atoms with Gasteiger partial charge in [-0.1, -0.05) is 29.3 Å². The quantitative estimate of drug-likeness (QED) is 0.896. The highest BCUT2D eigenvalue weighted by molar-refractivity contribution is 6.42.